The maximum absolute atomic E-state index is 14.0. The Morgan fingerprint density at radius 1 is 0.787 bits per heavy atom. The van der Waals surface area contributed by atoms with Gasteiger partial charge in [-0.05, 0) is 52.1 Å². The molecule has 47 heavy (non-hydrogen) atoms. The van der Waals surface area contributed by atoms with Gasteiger partial charge in [0.25, 0.3) is 0 Å². The van der Waals surface area contributed by atoms with E-state index in [1.165, 1.54) is 36.0 Å². The number of fused-ring (bicyclic) bond motifs is 1. The minimum absolute atomic E-state index is 0.0367. The van der Waals surface area contributed by atoms with Crippen LogP contribution in [0.25, 0.3) is 10.1 Å². The Hall–Kier alpha value is -5.36. The van der Waals surface area contributed by atoms with Gasteiger partial charge in [-0.2, -0.15) is 0 Å². The van der Waals surface area contributed by atoms with E-state index in [1.54, 1.807) is 36.4 Å². The van der Waals surface area contributed by atoms with Crippen molar-refractivity contribution in [2.24, 2.45) is 0 Å². The number of imidazole rings is 1. The minimum Gasteiger partial charge on any atom is -0.480 e. The van der Waals surface area contributed by atoms with Gasteiger partial charge in [-0.1, -0.05) is 60.7 Å². The van der Waals surface area contributed by atoms with E-state index in [9.17, 15) is 28.7 Å². The van der Waals surface area contributed by atoms with Gasteiger partial charge in [-0.3, -0.25) is 14.4 Å². The van der Waals surface area contributed by atoms with Gasteiger partial charge in [-0.25, -0.2) is 14.2 Å². The number of halogens is 1. The zero-order chi connectivity index (χ0) is 33.2. The van der Waals surface area contributed by atoms with Crippen molar-refractivity contribution in [2.45, 2.75) is 50.2 Å². The summed E-state index contributed by atoms with van der Waals surface area (Å²) in [6.07, 6.45) is 3.50. The molecule has 0 aliphatic carbocycles. The van der Waals surface area contributed by atoms with Crippen LogP contribution in [-0.4, -0.2) is 56.9 Å². The molecule has 3 atom stereocenters. The van der Waals surface area contributed by atoms with Crippen LogP contribution in [0.15, 0.2) is 96.8 Å². The average Bonchev–Trinajstić information content (AvgIpc) is 3.74. The van der Waals surface area contributed by atoms with Crippen molar-refractivity contribution < 1.29 is 28.7 Å². The number of aromatic amines is 1. The molecule has 3 amide bonds. The van der Waals surface area contributed by atoms with Crippen LogP contribution in [0, 0.1) is 5.82 Å². The summed E-state index contributed by atoms with van der Waals surface area (Å²) in [4.78, 5) is 59.5. The van der Waals surface area contributed by atoms with Crippen LogP contribution in [0.2, 0.25) is 0 Å². The number of hydrogen-bond acceptors (Lipinski definition) is 6. The first-order chi connectivity index (χ1) is 22.7. The number of thiophene rings is 1. The molecule has 0 aliphatic heterocycles. The molecule has 10 nitrogen and oxygen atoms in total. The van der Waals surface area contributed by atoms with Crippen LogP contribution < -0.4 is 16.0 Å². The Morgan fingerprint density at radius 2 is 1.47 bits per heavy atom. The molecule has 2 aromatic heterocycles. The second-order valence-electron chi connectivity index (χ2n) is 11.1. The van der Waals surface area contributed by atoms with E-state index in [0.29, 0.717) is 12.1 Å². The van der Waals surface area contributed by atoms with Crippen molar-refractivity contribution in [1.82, 2.24) is 25.9 Å². The Balaban J connectivity index is 1.36. The number of carbonyl (C=O) groups is 4. The van der Waals surface area contributed by atoms with Gasteiger partial charge in [0.15, 0.2) is 0 Å². The predicted molar refractivity (Wildman–Crippen MR) is 176 cm³/mol. The van der Waals surface area contributed by atoms with Crippen molar-refractivity contribution in [2.75, 3.05) is 0 Å². The van der Waals surface area contributed by atoms with Gasteiger partial charge in [0.1, 0.15) is 23.9 Å². The molecule has 0 unspecified atom stereocenters. The predicted octanol–water partition coefficient (Wildman–Crippen LogP) is 3.96. The van der Waals surface area contributed by atoms with Crippen molar-refractivity contribution >= 4 is 45.1 Å². The lowest BCUT2D eigenvalue weighted by Gasteiger charge is -2.25. The fraction of sp³-hybridized carbons (Fsp3) is 0.229. The molecule has 0 spiro atoms. The van der Waals surface area contributed by atoms with Crippen molar-refractivity contribution in [3.63, 3.8) is 0 Å². The van der Waals surface area contributed by atoms with E-state index in [4.69, 9.17) is 0 Å². The number of benzene rings is 3. The second-order valence-corrected chi connectivity index (χ2v) is 12.1. The largest absolute Gasteiger partial charge is 0.480 e. The van der Waals surface area contributed by atoms with Crippen LogP contribution in [0.1, 0.15) is 28.8 Å². The number of hydrogen-bond donors (Lipinski definition) is 5. The van der Waals surface area contributed by atoms with Gasteiger partial charge in [0.2, 0.25) is 17.7 Å². The number of nitrogens with one attached hydrogen (secondary N) is 4. The minimum atomic E-state index is -1.28. The Bertz CT molecular complexity index is 1810. The molecule has 3 aromatic carbocycles. The highest BCUT2D eigenvalue weighted by Gasteiger charge is 2.30. The third kappa shape index (κ3) is 9.33. The van der Waals surface area contributed by atoms with E-state index in [-0.39, 0.29) is 37.4 Å². The lowest BCUT2D eigenvalue weighted by molar-refractivity contribution is -0.142. The van der Waals surface area contributed by atoms with Gasteiger partial charge in [0.05, 0.1) is 6.33 Å². The molecule has 0 aliphatic rings. The lowest BCUT2D eigenvalue weighted by Crippen LogP contribution is -2.57. The molecule has 0 bridgehead atoms. The third-order valence-corrected chi connectivity index (χ3v) is 8.71. The second kappa shape index (κ2) is 15.8. The van der Waals surface area contributed by atoms with Crippen LogP contribution in [-0.2, 0) is 44.9 Å². The van der Waals surface area contributed by atoms with Crippen molar-refractivity contribution in [3.8, 4) is 0 Å². The van der Waals surface area contributed by atoms with Gasteiger partial charge >= 0.3 is 5.97 Å². The number of carbonyl (C=O) groups excluding carboxylic acids is 3. The molecule has 0 radical (unpaired) electrons. The molecule has 5 N–H and O–H groups in total. The molecule has 2 heterocycles. The molecule has 242 valence electrons. The first kappa shape index (κ1) is 33.0. The normalized spacial score (nSPS) is 13.0. The summed E-state index contributed by atoms with van der Waals surface area (Å²) in [6, 6.07) is 19.2. The molecule has 12 heteroatoms. The third-order valence-electron chi connectivity index (χ3n) is 7.70. The maximum Gasteiger partial charge on any atom is 0.326 e. The topological polar surface area (TPSA) is 153 Å². The van der Waals surface area contributed by atoms with E-state index in [1.807, 2.05) is 35.7 Å². The first-order valence-corrected chi connectivity index (χ1v) is 16.0. The van der Waals surface area contributed by atoms with Crippen LogP contribution >= 0.6 is 11.3 Å². The number of aromatic nitrogens is 2. The quantitative estimate of drug-likeness (QED) is 0.115. The van der Waals surface area contributed by atoms with Crippen molar-refractivity contribution in [3.05, 3.63) is 125 Å². The summed E-state index contributed by atoms with van der Waals surface area (Å²) in [5, 5.41) is 20.9. The van der Waals surface area contributed by atoms with Gasteiger partial charge < -0.3 is 26.0 Å². The average molecular weight is 656 g/mol. The van der Waals surface area contributed by atoms with Gasteiger partial charge in [0, 0.05) is 42.3 Å². The van der Waals surface area contributed by atoms with E-state index >= 15 is 0 Å². The Morgan fingerprint density at radius 3 is 2.17 bits per heavy atom. The summed E-state index contributed by atoms with van der Waals surface area (Å²) in [7, 11) is 0. The molecule has 0 saturated heterocycles. The summed E-state index contributed by atoms with van der Waals surface area (Å²) < 4.78 is 14.4. The first-order valence-electron chi connectivity index (χ1n) is 15.1. The number of H-pyrrole nitrogens is 1. The molecule has 5 rings (SSSR count). The fourth-order valence-corrected chi connectivity index (χ4v) is 6.19. The van der Waals surface area contributed by atoms with Crippen LogP contribution in [0.4, 0.5) is 4.39 Å². The molecular weight excluding hydrogens is 621 g/mol. The molecule has 0 fully saturated rings. The van der Waals surface area contributed by atoms with Gasteiger partial charge in [-0.15, -0.1) is 11.3 Å². The zero-order valence-electron chi connectivity index (χ0n) is 25.3. The van der Waals surface area contributed by atoms with Crippen molar-refractivity contribution in [1.29, 1.82) is 0 Å². The number of carboxylic acid groups (broad SMARTS) is 1. The van der Waals surface area contributed by atoms with Crippen LogP contribution in [0.5, 0.6) is 0 Å². The number of aliphatic carboxylic acids is 1. The number of amides is 3. The zero-order valence-corrected chi connectivity index (χ0v) is 26.1. The summed E-state index contributed by atoms with van der Waals surface area (Å²) >= 11 is 1.52. The number of rotatable bonds is 15. The monoisotopic (exact) mass is 655 g/mol. The van der Waals surface area contributed by atoms with E-state index in [0.717, 1.165) is 26.8 Å². The highest BCUT2D eigenvalue weighted by Crippen LogP contribution is 2.26. The van der Waals surface area contributed by atoms with E-state index < -0.39 is 35.9 Å². The van der Waals surface area contributed by atoms with E-state index in [2.05, 4.69) is 25.9 Å². The molecule has 0 saturated carbocycles. The SMILES string of the molecule is O=C(CCc1ccc(F)cc1)N[C@@H](Cc1csc2ccccc12)C(=O)N[C@H](Cc1ccccc1)C(=O)N[C@@H](Cc1cnc[nH]1)C(=O)O. The standard InChI is InChI=1S/C35H34FN5O5S/c36-25-13-10-22(11-14-25)12-15-32(42)39-29(17-24-20-47-31-9-5-4-8-27(24)31)34(44)40-28(16-23-6-2-1-3-7-23)33(43)41-30(35(45)46)18-26-19-37-21-38-26/h1-11,13-14,19-21,28-30H,12,15-18H2,(H,37,38)(H,39,42)(H,40,44)(H,41,43)(H,45,46)/t28-,29+,30+/m1/s1. The summed E-state index contributed by atoms with van der Waals surface area (Å²) in [5.74, 6) is -3.27. The summed E-state index contributed by atoms with van der Waals surface area (Å²) in [6.45, 7) is 0. The highest BCUT2D eigenvalue weighted by atomic mass is 32.1. The molecule has 5 aromatic rings. The number of carboxylic acids is 1. The lowest BCUT2D eigenvalue weighted by atomic mass is 10.0. The Labute approximate surface area is 274 Å². The van der Waals surface area contributed by atoms with Crippen LogP contribution in [0.3, 0.4) is 0 Å². The summed E-state index contributed by atoms with van der Waals surface area (Å²) in [5.41, 5.74) is 2.90. The Kier molecular flexibility index (Phi) is 11.1. The fourth-order valence-electron chi connectivity index (χ4n) is 5.22. The molecular formula is C35H34FN5O5S. The number of nitrogens with zero attached hydrogens (tertiary/aromatic N) is 1. The highest BCUT2D eigenvalue weighted by molar-refractivity contribution is 7.17. The smallest absolute Gasteiger partial charge is 0.326 e. The maximum atomic E-state index is 14.0. The number of aryl methyl sites for hydroxylation is 1.